The number of nitrogens with two attached hydrogens (primary N) is 1. The minimum absolute atomic E-state index is 0.143. The molecule has 2 unspecified atom stereocenters. The lowest BCUT2D eigenvalue weighted by molar-refractivity contribution is -0.256. The van der Waals surface area contributed by atoms with Crippen LogP contribution < -0.4 is 11.1 Å². The maximum Gasteiger partial charge on any atom is 0.372 e. The SMILES string of the molecule is CON=C(C(=O)NCC1CON(C2(C(=O)O)CCC(=O)O2)C1=O)c1csc(N)n1. The fraction of sp³-hybridized carbons (Fsp3) is 0.467. The number of carboxylic acids is 1. The number of ether oxygens (including phenoxy) is 1. The van der Waals surface area contributed by atoms with E-state index in [0.717, 1.165) is 11.3 Å². The van der Waals surface area contributed by atoms with E-state index in [2.05, 4.69) is 20.3 Å². The number of esters is 1. The van der Waals surface area contributed by atoms with Crippen LogP contribution in [-0.4, -0.2) is 70.6 Å². The van der Waals surface area contributed by atoms with Crippen molar-refractivity contribution in [3.8, 4) is 0 Å². The maximum atomic E-state index is 12.6. The number of cyclic esters (lactones) is 1. The molecule has 2 fully saturated rings. The van der Waals surface area contributed by atoms with Gasteiger partial charge < -0.3 is 25.7 Å². The molecule has 2 aliphatic heterocycles. The number of nitrogens with zero attached hydrogens (tertiary/aromatic N) is 3. The molecule has 14 heteroatoms. The van der Waals surface area contributed by atoms with Gasteiger partial charge in [0.15, 0.2) is 10.8 Å². The van der Waals surface area contributed by atoms with E-state index < -0.39 is 35.4 Å². The largest absolute Gasteiger partial charge is 0.477 e. The van der Waals surface area contributed by atoms with Gasteiger partial charge in [0.1, 0.15) is 12.8 Å². The standard InChI is InChI=1S/C15H17N5O8S/c1-26-19-10(8-6-29-14(16)18-8)11(22)17-4-7-5-27-20(12(7)23)15(13(24)25)3-2-9(21)28-15/h6-7H,2-5H2,1H3,(H2,16,18)(H,17,22)(H,24,25). The number of hydrogen-bond acceptors (Lipinski definition) is 11. The van der Waals surface area contributed by atoms with Gasteiger partial charge in [-0.1, -0.05) is 5.16 Å². The number of carboxylic acid groups (broad SMARTS) is 1. The van der Waals surface area contributed by atoms with Gasteiger partial charge in [0.05, 0.1) is 18.9 Å². The number of anilines is 1. The molecule has 156 valence electrons. The summed E-state index contributed by atoms with van der Waals surface area (Å²) in [4.78, 5) is 61.9. The van der Waals surface area contributed by atoms with E-state index in [1.807, 2.05) is 0 Å². The summed E-state index contributed by atoms with van der Waals surface area (Å²) in [5, 5.41) is 17.9. The lowest BCUT2D eigenvalue weighted by Crippen LogP contribution is -2.55. The fourth-order valence-corrected chi connectivity index (χ4v) is 3.38. The van der Waals surface area contributed by atoms with Gasteiger partial charge in [-0.2, -0.15) is 5.06 Å². The Morgan fingerprint density at radius 2 is 2.31 bits per heavy atom. The number of thiazole rings is 1. The van der Waals surface area contributed by atoms with Crippen molar-refractivity contribution in [3.63, 3.8) is 0 Å². The highest BCUT2D eigenvalue weighted by Gasteiger charge is 2.58. The molecule has 0 bridgehead atoms. The highest BCUT2D eigenvalue weighted by atomic mass is 32.1. The average Bonchev–Trinajstić information content (AvgIpc) is 3.37. The molecular weight excluding hydrogens is 410 g/mol. The number of aliphatic carboxylic acids is 1. The van der Waals surface area contributed by atoms with E-state index in [4.69, 9.17) is 15.3 Å². The highest BCUT2D eigenvalue weighted by Crippen LogP contribution is 2.35. The molecule has 1 aromatic heterocycles. The summed E-state index contributed by atoms with van der Waals surface area (Å²) in [5.41, 5.74) is 3.41. The summed E-state index contributed by atoms with van der Waals surface area (Å²) in [6.07, 6.45) is -0.393. The van der Waals surface area contributed by atoms with Gasteiger partial charge in [0, 0.05) is 18.3 Å². The summed E-state index contributed by atoms with van der Waals surface area (Å²) in [6.45, 7) is -0.383. The summed E-state index contributed by atoms with van der Waals surface area (Å²) >= 11 is 1.11. The number of carbonyl (C=O) groups excluding carboxylic acids is 3. The molecule has 2 aliphatic rings. The number of aromatic nitrogens is 1. The van der Waals surface area contributed by atoms with Crippen LogP contribution in [0.3, 0.4) is 0 Å². The predicted molar refractivity (Wildman–Crippen MR) is 95.1 cm³/mol. The number of hydrogen-bond donors (Lipinski definition) is 3. The molecule has 2 amide bonds. The summed E-state index contributed by atoms with van der Waals surface area (Å²) < 4.78 is 4.87. The minimum atomic E-state index is -2.20. The lowest BCUT2D eigenvalue weighted by Gasteiger charge is -2.30. The fourth-order valence-electron chi connectivity index (χ4n) is 2.83. The third-order valence-electron chi connectivity index (χ3n) is 4.24. The summed E-state index contributed by atoms with van der Waals surface area (Å²) in [6, 6.07) is 0. The van der Waals surface area contributed by atoms with E-state index >= 15 is 0 Å². The van der Waals surface area contributed by atoms with Crippen molar-refractivity contribution in [2.75, 3.05) is 26.0 Å². The molecule has 0 radical (unpaired) electrons. The third-order valence-corrected chi connectivity index (χ3v) is 4.91. The van der Waals surface area contributed by atoms with Gasteiger partial charge in [-0.25, -0.2) is 9.78 Å². The molecule has 29 heavy (non-hydrogen) atoms. The molecule has 0 spiro atoms. The van der Waals surface area contributed by atoms with Crippen molar-refractivity contribution in [1.29, 1.82) is 0 Å². The Morgan fingerprint density at radius 1 is 1.55 bits per heavy atom. The second-order valence-corrected chi connectivity index (χ2v) is 6.98. The smallest absolute Gasteiger partial charge is 0.372 e. The van der Waals surface area contributed by atoms with Crippen molar-refractivity contribution in [2.24, 2.45) is 11.1 Å². The van der Waals surface area contributed by atoms with E-state index in [9.17, 15) is 24.3 Å². The first kappa shape index (κ1) is 20.5. The normalized spacial score (nSPS) is 24.5. The van der Waals surface area contributed by atoms with Gasteiger partial charge in [-0.15, -0.1) is 11.3 Å². The Labute approximate surface area is 167 Å². The van der Waals surface area contributed by atoms with Crippen LogP contribution in [0, 0.1) is 5.92 Å². The van der Waals surface area contributed by atoms with Crippen LogP contribution in [0.2, 0.25) is 0 Å². The monoisotopic (exact) mass is 427 g/mol. The second-order valence-electron chi connectivity index (χ2n) is 6.09. The Kier molecular flexibility index (Phi) is 5.65. The van der Waals surface area contributed by atoms with Gasteiger partial charge in [-0.05, 0) is 0 Å². The van der Waals surface area contributed by atoms with E-state index in [0.29, 0.717) is 5.06 Å². The van der Waals surface area contributed by atoms with Crippen molar-refractivity contribution in [2.45, 2.75) is 18.6 Å². The molecule has 2 saturated heterocycles. The van der Waals surface area contributed by atoms with Gasteiger partial charge >= 0.3 is 17.7 Å². The number of nitrogen functional groups attached to an aromatic ring is 1. The van der Waals surface area contributed by atoms with Crippen LogP contribution in [0.4, 0.5) is 5.13 Å². The first-order chi connectivity index (χ1) is 13.8. The molecule has 3 rings (SSSR count). The van der Waals surface area contributed by atoms with E-state index in [-0.39, 0.29) is 42.5 Å². The second kappa shape index (κ2) is 8.00. The quantitative estimate of drug-likeness (QED) is 0.268. The number of amides is 2. The van der Waals surface area contributed by atoms with Crippen molar-refractivity contribution in [3.05, 3.63) is 11.1 Å². The summed E-state index contributed by atoms with van der Waals surface area (Å²) in [5.74, 6) is -4.56. The highest BCUT2D eigenvalue weighted by molar-refractivity contribution is 7.13. The Bertz CT molecular complexity index is 886. The van der Waals surface area contributed by atoms with Crippen LogP contribution in [0.1, 0.15) is 18.5 Å². The Morgan fingerprint density at radius 3 is 2.86 bits per heavy atom. The number of oxime groups is 1. The van der Waals surface area contributed by atoms with Crippen LogP contribution >= 0.6 is 11.3 Å². The van der Waals surface area contributed by atoms with E-state index in [1.165, 1.54) is 12.5 Å². The molecule has 0 aromatic carbocycles. The topological polar surface area (TPSA) is 183 Å². The minimum Gasteiger partial charge on any atom is -0.477 e. The first-order valence-corrected chi connectivity index (χ1v) is 9.19. The number of rotatable bonds is 7. The van der Waals surface area contributed by atoms with Crippen LogP contribution in [-0.2, 0) is 33.6 Å². The van der Waals surface area contributed by atoms with Crippen molar-refractivity contribution < 1.29 is 38.7 Å². The maximum absolute atomic E-state index is 12.6. The van der Waals surface area contributed by atoms with Gasteiger partial charge in [-0.3, -0.25) is 19.2 Å². The average molecular weight is 427 g/mol. The zero-order valence-corrected chi connectivity index (χ0v) is 15.9. The Balaban J connectivity index is 1.66. The van der Waals surface area contributed by atoms with E-state index in [1.54, 1.807) is 0 Å². The zero-order valence-electron chi connectivity index (χ0n) is 15.1. The van der Waals surface area contributed by atoms with Crippen LogP contribution in [0.25, 0.3) is 0 Å². The molecule has 3 heterocycles. The third kappa shape index (κ3) is 3.84. The van der Waals surface area contributed by atoms with Crippen LogP contribution in [0.5, 0.6) is 0 Å². The van der Waals surface area contributed by atoms with Crippen LogP contribution in [0.15, 0.2) is 10.5 Å². The predicted octanol–water partition coefficient (Wildman–Crippen LogP) is -1.30. The summed E-state index contributed by atoms with van der Waals surface area (Å²) in [7, 11) is 1.25. The molecule has 2 atom stereocenters. The van der Waals surface area contributed by atoms with Gasteiger partial charge in [0.2, 0.25) is 0 Å². The molecular formula is C15H17N5O8S. The Hall–Kier alpha value is -3.26. The molecule has 4 N–H and O–H groups in total. The number of carbonyl (C=O) groups is 4. The van der Waals surface area contributed by atoms with Crippen molar-refractivity contribution in [1.82, 2.24) is 15.4 Å². The molecule has 0 aliphatic carbocycles. The van der Waals surface area contributed by atoms with Crippen molar-refractivity contribution >= 4 is 45.9 Å². The molecule has 1 aromatic rings. The zero-order chi connectivity index (χ0) is 21.2. The first-order valence-electron chi connectivity index (χ1n) is 8.31. The number of hydroxylamine groups is 2. The molecule has 0 saturated carbocycles. The number of nitrogens with one attached hydrogen (secondary N) is 1. The molecule has 13 nitrogen and oxygen atoms in total. The lowest BCUT2D eigenvalue weighted by atomic mass is 10.1. The van der Waals surface area contributed by atoms with Gasteiger partial charge in [0.25, 0.3) is 11.8 Å².